The van der Waals surface area contributed by atoms with Gasteiger partial charge in [0.05, 0.1) is 11.4 Å². The summed E-state index contributed by atoms with van der Waals surface area (Å²) >= 11 is 8.88. The summed E-state index contributed by atoms with van der Waals surface area (Å²) in [6.45, 7) is 0. The van der Waals surface area contributed by atoms with Gasteiger partial charge >= 0.3 is 0 Å². The van der Waals surface area contributed by atoms with Crippen LogP contribution in [0.4, 0.5) is 11.4 Å². The molecule has 0 bridgehead atoms. The Morgan fingerprint density at radius 3 is 1.72 bits per heavy atom. The minimum Gasteiger partial charge on any atom is -0.325 e. The highest BCUT2D eigenvalue weighted by molar-refractivity contribution is 8.05. The fourth-order valence-corrected chi connectivity index (χ4v) is 3.24. The highest BCUT2D eigenvalue weighted by Crippen LogP contribution is 2.48. The molecular weight excluding hydrogens is 277 g/mol. The molecule has 0 N–H and O–H groups in total. The summed E-state index contributed by atoms with van der Waals surface area (Å²) in [5, 5.41) is 0. The number of benzene rings is 2. The van der Waals surface area contributed by atoms with E-state index in [1.807, 2.05) is 24.3 Å². The first-order valence-corrected chi connectivity index (χ1v) is 6.97. The second kappa shape index (κ2) is 4.65. The second-order valence-corrected chi connectivity index (χ2v) is 5.87. The molecule has 0 fully saturated rings. The lowest BCUT2D eigenvalue weighted by Gasteiger charge is -2.31. The maximum Gasteiger partial charge on any atom is 0.0521 e. The molecule has 0 spiro atoms. The van der Waals surface area contributed by atoms with Crippen LogP contribution < -0.4 is 4.67 Å². The summed E-state index contributed by atoms with van der Waals surface area (Å²) in [5.41, 5.74) is 5.71. The van der Waals surface area contributed by atoms with Gasteiger partial charge in [0, 0.05) is 20.9 Å². The van der Waals surface area contributed by atoms with E-state index in [9.17, 15) is 0 Å². The molecule has 1 aliphatic rings. The maximum absolute atomic E-state index is 4.44. The van der Waals surface area contributed by atoms with Crippen molar-refractivity contribution in [2.24, 2.45) is 0 Å². The van der Waals surface area contributed by atoms with Crippen molar-refractivity contribution in [1.29, 1.82) is 0 Å². The van der Waals surface area contributed by atoms with Crippen molar-refractivity contribution < 1.29 is 0 Å². The maximum atomic E-state index is 4.44. The van der Waals surface area contributed by atoms with Gasteiger partial charge in [-0.05, 0) is 21.5 Å². The summed E-state index contributed by atoms with van der Waals surface area (Å²) in [5.74, 6) is 0. The third-order valence-corrected chi connectivity index (χ3v) is 4.09. The smallest absolute Gasteiger partial charge is 0.0521 e. The Morgan fingerprint density at radius 2 is 1.28 bits per heavy atom. The Bertz CT molecular complexity index is 598. The molecule has 4 heteroatoms. The van der Waals surface area contributed by atoms with Gasteiger partial charge in [-0.3, -0.25) is 0 Å². The lowest BCUT2D eigenvalue weighted by molar-refractivity contribution is 1.35. The fraction of sp³-hybridized carbons (Fsp3) is 0. The summed E-state index contributed by atoms with van der Waals surface area (Å²) in [4.78, 5) is 0. The molecule has 2 aromatic carbocycles. The Hall–Kier alpha value is -0.890. The number of rotatable bonds is 0. The summed E-state index contributed by atoms with van der Waals surface area (Å²) in [7, 11) is 2.77. The Kier molecular flexibility index (Phi) is 3.14. The van der Waals surface area contributed by atoms with Crippen molar-refractivity contribution in [3.8, 4) is 0 Å². The van der Waals surface area contributed by atoms with Gasteiger partial charge in [-0.15, -0.1) is 25.3 Å². The van der Waals surface area contributed by atoms with E-state index in [0.717, 1.165) is 32.3 Å². The van der Waals surface area contributed by atoms with Crippen LogP contribution in [0.2, 0.25) is 0 Å². The molecular formula is C14H12NPS2. The highest BCUT2D eigenvalue weighted by atomic mass is 32.2. The monoisotopic (exact) mass is 289 g/mol. The van der Waals surface area contributed by atoms with Crippen LogP contribution in [-0.4, -0.2) is 0 Å². The molecule has 0 saturated carbocycles. The van der Waals surface area contributed by atoms with E-state index in [0.29, 0.717) is 0 Å². The predicted molar refractivity (Wildman–Crippen MR) is 88.7 cm³/mol. The lowest BCUT2D eigenvalue weighted by atomic mass is 9.93. The van der Waals surface area contributed by atoms with Gasteiger partial charge in [0.1, 0.15) is 0 Å². The normalized spacial score (nSPS) is 13.1. The quantitative estimate of drug-likeness (QED) is 0.533. The third kappa shape index (κ3) is 1.78. The molecule has 1 atom stereocenters. The minimum atomic E-state index is 0.744. The number of anilines is 2. The molecule has 90 valence electrons. The first-order valence-electron chi connectivity index (χ1n) is 5.56. The zero-order valence-electron chi connectivity index (χ0n) is 9.54. The molecule has 1 nitrogen and oxygen atoms in total. The molecule has 18 heavy (non-hydrogen) atoms. The van der Waals surface area contributed by atoms with Crippen LogP contribution >= 0.6 is 34.6 Å². The van der Waals surface area contributed by atoms with Crippen molar-refractivity contribution in [2.75, 3.05) is 4.67 Å². The van der Waals surface area contributed by atoms with Crippen molar-refractivity contribution in [3.05, 3.63) is 63.9 Å². The van der Waals surface area contributed by atoms with Crippen LogP contribution in [0.25, 0.3) is 5.57 Å². The first kappa shape index (κ1) is 12.2. The molecule has 0 aliphatic carbocycles. The number of hydrogen-bond donors (Lipinski definition) is 2. The SMILES string of the molecule is PN1c2ccccc2C(=C(S)S)c2ccccc21. The number of fused-ring (bicyclic) bond motifs is 2. The second-order valence-electron chi connectivity index (χ2n) is 4.10. The van der Waals surface area contributed by atoms with Gasteiger partial charge in [-0.25, -0.2) is 0 Å². The average molecular weight is 289 g/mol. The van der Waals surface area contributed by atoms with Crippen molar-refractivity contribution in [3.63, 3.8) is 0 Å². The average Bonchev–Trinajstić information content (AvgIpc) is 2.39. The third-order valence-electron chi connectivity index (χ3n) is 3.09. The number of hydrogen-bond acceptors (Lipinski definition) is 3. The van der Waals surface area contributed by atoms with E-state index >= 15 is 0 Å². The molecule has 1 heterocycles. The standard InChI is InChI=1S/C14H12NPS2/c16-15-11-7-3-1-5-9(11)13(14(17)18)10-6-2-4-8-12(10)15/h1-8,17-18H,16H2. The Morgan fingerprint density at radius 1 is 0.833 bits per heavy atom. The molecule has 1 unspecified atom stereocenters. The van der Waals surface area contributed by atoms with E-state index in [4.69, 9.17) is 0 Å². The molecule has 0 radical (unpaired) electrons. The lowest BCUT2D eigenvalue weighted by Crippen LogP contribution is -2.12. The fourth-order valence-electron chi connectivity index (χ4n) is 2.31. The number of thiol groups is 2. The summed E-state index contributed by atoms with van der Waals surface area (Å²) in [6.07, 6.45) is 0. The zero-order valence-corrected chi connectivity index (χ0v) is 12.5. The molecule has 0 aromatic heterocycles. The predicted octanol–water partition coefficient (Wildman–Crippen LogP) is 4.50. The van der Waals surface area contributed by atoms with Crippen molar-refractivity contribution >= 4 is 51.6 Å². The van der Waals surface area contributed by atoms with Crippen LogP contribution in [0.15, 0.2) is 52.8 Å². The van der Waals surface area contributed by atoms with Crippen molar-refractivity contribution in [1.82, 2.24) is 0 Å². The first-order chi connectivity index (χ1) is 8.70. The molecule has 0 saturated heterocycles. The van der Waals surface area contributed by atoms with Gasteiger partial charge in [0.2, 0.25) is 0 Å². The summed E-state index contributed by atoms with van der Waals surface area (Å²) in [6, 6.07) is 16.6. The molecule has 1 aliphatic heterocycles. The largest absolute Gasteiger partial charge is 0.325 e. The minimum absolute atomic E-state index is 0.744. The number of nitrogens with zero attached hydrogens (tertiary/aromatic N) is 1. The van der Waals surface area contributed by atoms with Crippen LogP contribution in [0.5, 0.6) is 0 Å². The van der Waals surface area contributed by atoms with E-state index in [-0.39, 0.29) is 0 Å². The van der Waals surface area contributed by atoms with Crippen LogP contribution in [0, 0.1) is 0 Å². The Balaban J connectivity index is 2.38. The molecule has 2 aromatic rings. The van der Waals surface area contributed by atoms with Gasteiger partial charge in [0.15, 0.2) is 0 Å². The molecule has 3 rings (SSSR count). The highest BCUT2D eigenvalue weighted by Gasteiger charge is 2.24. The van der Waals surface area contributed by atoms with E-state index < -0.39 is 0 Å². The number of para-hydroxylation sites is 2. The van der Waals surface area contributed by atoms with Gasteiger partial charge in [-0.1, -0.05) is 36.4 Å². The van der Waals surface area contributed by atoms with Gasteiger partial charge < -0.3 is 4.67 Å². The van der Waals surface area contributed by atoms with E-state index in [1.54, 1.807) is 0 Å². The van der Waals surface area contributed by atoms with E-state index in [1.165, 1.54) is 0 Å². The van der Waals surface area contributed by atoms with Gasteiger partial charge in [-0.2, -0.15) is 0 Å². The molecule has 0 amide bonds. The van der Waals surface area contributed by atoms with Crippen LogP contribution in [0.3, 0.4) is 0 Å². The van der Waals surface area contributed by atoms with Crippen LogP contribution in [-0.2, 0) is 0 Å². The van der Waals surface area contributed by atoms with Gasteiger partial charge in [0.25, 0.3) is 0 Å². The van der Waals surface area contributed by atoms with Crippen molar-refractivity contribution in [2.45, 2.75) is 0 Å². The zero-order chi connectivity index (χ0) is 12.7. The topological polar surface area (TPSA) is 3.24 Å². The Labute approximate surface area is 120 Å². The summed E-state index contributed by atoms with van der Waals surface area (Å²) < 4.78 is 2.87. The van der Waals surface area contributed by atoms with Crippen LogP contribution in [0.1, 0.15) is 11.1 Å². The van der Waals surface area contributed by atoms with E-state index in [2.05, 4.69) is 63.6 Å².